The highest BCUT2D eigenvalue weighted by Crippen LogP contribution is 2.35. The molecule has 17 heavy (non-hydrogen) atoms. The Bertz CT molecular complexity index is 421. The second kappa shape index (κ2) is 5.86. The predicted molar refractivity (Wildman–Crippen MR) is 65.3 cm³/mol. The maximum atomic E-state index is 12.6. The fourth-order valence-electron chi connectivity index (χ4n) is 1.15. The van der Waals surface area contributed by atoms with Crippen molar-refractivity contribution in [2.75, 3.05) is 11.9 Å². The van der Waals surface area contributed by atoms with E-state index in [0.717, 1.165) is 6.07 Å². The monoisotopic (exact) mass is 373 g/mol. The lowest BCUT2D eigenvalue weighted by atomic mass is 10.1. The average molecular weight is 375 g/mol. The van der Waals surface area contributed by atoms with Crippen LogP contribution in [0.25, 0.3) is 0 Å². The van der Waals surface area contributed by atoms with Gasteiger partial charge in [0.25, 0.3) is 5.91 Å². The minimum atomic E-state index is -4.48. The van der Waals surface area contributed by atoms with Gasteiger partial charge in [0.15, 0.2) is 0 Å². The van der Waals surface area contributed by atoms with Crippen LogP contribution in [0, 0.1) is 0 Å². The predicted octanol–water partition coefficient (Wildman–Crippen LogP) is 3.59. The summed E-state index contributed by atoms with van der Waals surface area (Å²) in [5.74, 6) is -0.526. The lowest BCUT2D eigenvalue weighted by molar-refractivity contribution is -0.138. The standard InChI is InChI=1S/C10H8Br2F3NO/c11-3-4-16-9(17)6-1-2-8(12)7(5-6)10(13,14)15/h1-2,5H,3-4H2,(H,16,17). The third-order valence-corrected chi connectivity index (χ3v) is 3.00. The summed E-state index contributed by atoms with van der Waals surface area (Å²) in [6, 6.07) is 3.38. The van der Waals surface area contributed by atoms with E-state index < -0.39 is 17.6 Å². The zero-order valence-corrected chi connectivity index (χ0v) is 11.6. The van der Waals surface area contributed by atoms with E-state index in [2.05, 4.69) is 37.2 Å². The zero-order chi connectivity index (χ0) is 13.1. The van der Waals surface area contributed by atoms with Crippen LogP contribution in [0.15, 0.2) is 22.7 Å². The van der Waals surface area contributed by atoms with Crippen molar-refractivity contribution < 1.29 is 18.0 Å². The van der Waals surface area contributed by atoms with Gasteiger partial charge in [-0.05, 0) is 18.2 Å². The lowest BCUT2D eigenvalue weighted by Crippen LogP contribution is -2.25. The first-order valence-corrected chi connectivity index (χ1v) is 6.48. The Morgan fingerprint density at radius 1 is 1.35 bits per heavy atom. The fraction of sp³-hybridized carbons (Fsp3) is 0.300. The number of amides is 1. The van der Waals surface area contributed by atoms with Crippen LogP contribution in [0.4, 0.5) is 13.2 Å². The van der Waals surface area contributed by atoms with Gasteiger partial charge in [0, 0.05) is 21.9 Å². The van der Waals surface area contributed by atoms with E-state index in [1.807, 2.05) is 0 Å². The van der Waals surface area contributed by atoms with Crippen molar-refractivity contribution in [1.82, 2.24) is 5.32 Å². The zero-order valence-electron chi connectivity index (χ0n) is 8.44. The van der Waals surface area contributed by atoms with Crippen molar-refractivity contribution >= 4 is 37.8 Å². The largest absolute Gasteiger partial charge is 0.417 e. The molecule has 0 bridgehead atoms. The number of hydrogen-bond donors (Lipinski definition) is 1. The minimum absolute atomic E-state index is 0.0125. The smallest absolute Gasteiger partial charge is 0.351 e. The van der Waals surface area contributed by atoms with Gasteiger partial charge in [-0.15, -0.1) is 0 Å². The molecule has 1 aromatic rings. The summed E-state index contributed by atoms with van der Waals surface area (Å²) in [6.45, 7) is 0.357. The number of nitrogens with one attached hydrogen (secondary N) is 1. The molecule has 94 valence electrons. The summed E-state index contributed by atoms with van der Waals surface area (Å²) in [7, 11) is 0. The number of benzene rings is 1. The van der Waals surface area contributed by atoms with Gasteiger partial charge < -0.3 is 5.32 Å². The quantitative estimate of drug-likeness (QED) is 0.805. The van der Waals surface area contributed by atoms with Crippen molar-refractivity contribution in [3.8, 4) is 0 Å². The maximum absolute atomic E-state index is 12.6. The van der Waals surface area contributed by atoms with Crippen LogP contribution in [-0.4, -0.2) is 17.8 Å². The first kappa shape index (κ1) is 14.5. The van der Waals surface area contributed by atoms with Crippen molar-refractivity contribution in [2.45, 2.75) is 6.18 Å². The number of halogens is 5. The third-order valence-electron chi connectivity index (χ3n) is 1.91. The highest BCUT2D eigenvalue weighted by molar-refractivity contribution is 9.10. The molecule has 0 aliphatic rings. The molecule has 1 aromatic carbocycles. The van der Waals surface area contributed by atoms with E-state index in [4.69, 9.17) is 0 Å². The Balaban J connectivity index is 3.00. The van der Waals surface area contributed by atoms with Crippen LogP contribution < -0.4 is 5.32 Å². The van der Waals surface area contributed by atoms with Crippen molar-refractivity contribution in [3.05, 3.63) is 33.8 Å². The van der Waals surface area contributed by atoms with Crippen LogP contribution >= 0.6 is 31.9 Å². The summed E-state index contributed by atoms with van der Waals surface area (Å²) in [4.78, 5) is 11.5. The van der Waals surface area contributed by atoms with Gasteiger partial charge in [-0.25, -0.2) is 0 Å². The summed E-state index contributed by atoms with van der Waals surface area (Å²) in [6.07, 6.45) is -4.48. The molecule has 0 aromatic heterocycles. The lowest BCUT2D eigenvalue weighted by Gasteiger charge is -2.11. The molecule has 0 unspecified atom stereocenters. The molecule has 2 nitrogen and oxygen atoms in total. The average Bonchev–Trinajstić information content (AvgIpc) is 2.25. The van der Waals surface area contributed by atoms with Gasteiger partial charge in [-0.1, -0.05) is 31.9 Å². The summed E-state index contributed by atoms with van der Waals surface area (Å²) < 4.78 is 37.6. The normalized spacial score (nSPS) is 11.4. The third kappa shape index (κ3) is 3.99. The number of alkyl halides is 4. The molecule has 0 aliphatic heterocycles. The molecule has 0 atom stereocenters. The SMILES string of the molecule is O=C(NCCBr)c1ccc(Br)c(C(F)(F)F)c1. The summed E-state index contributed by atoms with van der Waals surface area (Å²) >= 11 is 5.91. The molecule has 0 fully saturated rings. The molecule has 0 aliphatic carbocycles. The van der Waals surface area contributed by atoms with Gasteiger partial charge in [-0.3, -0.25) is 4.79 Å². The highest BCUT2D eigenvalue weighted by atomic mass is 79.9. The topological polar surface area (TPSA) is 29.1 Å². The van der Waals surface area contributed by atoms with Crippen molar-refractivity contribution in [1.29, 1.82) is 0 Å². The van der Waals surface area contributed by atoms with Crippen molar-refractivity contribution in [2.24, 2.45) is 0 Å². The number of rotatable bonds is 3. The van der Waals surface area contributed by atoms with Crippen LogP contribution in [-0.2, 0) is 6.18 Å². The maximum Gasteiger partial charge on any atom is 0.417 e. The number of hydrogen-bond acceptors (Lipinski definition) is 1. The Kier molecular flexibility index (Phi) is 5.00. The first-order valence-electron chi connectivity index (χ1n) is 4.57. The molecule has 0 saturated carbocycles. The molecular weight excluding hydrogens is 367 g/mol. The molecule has 0 saturated heterocycles. The minimum Gasteiger partial charge on any atom is -0.351 e. The van der Waals surface area contributed by atoms with Crippen LogP contribution in [0.1, 0.15) is 15.9 Å². The van der Waals surface area contributed by atoms with Crippen LogP contribution in [0.2, 0.25) is 0 Å². The van der Waals surface area contributed by atoms with E-state index in [-0.39, 0.29) is 10.0 Å². The molecule has 1 amide bonds. The number of carbonyl (C=O) groups is 1. The van der Waals surface area contributed by atoms with Crippen LogP contribution in [0.3, 0.4) is 0 Å². The van der Waals surface area contributed by atoms with E-state index in [0.29, 0.717) is 11.9 Å². The van der Waals surface area contributed by atoms with E-state index in [1.54, 1.807) is 0 Å². The Morgan fingerprint density at radius 2 is 2.00 bits per heavy atom. The molecule has 1 N–H and O–H groups in total. The Labute approximate surface area is 113 Å². The number of carbonyl (C=O) groups excluding carboxylic acids is 1. The molecule has 0 heterocycles. The second-order valence-electron chi connectivity index (χ2n) is 3.14. The van der Waals surface area contributed by atoms with Gasteiger partial charge >= 0.3 is 6.18 Å². The van der Waals surface area contributed by atoms with Crippen molar-refractivity contribution in [3.63, 3.8) is 0 Å². The molecule has 7 heteroatoms. The van der Waals surface area contributed by atoms with E-state index in [9.17, 15) is 18.0 Å². The Hall–Kier alpha value is -0.560. The second-order valence-corrected chi connectivity index (χ2v) is 4.78. The molecule has 1 rings (SSSR count). The van der Waals surface area contributed by atoms with E-state index in [1.165, 1.54) is 12.1 Å². The van der Waals surface area contributed by atoms with Gasteiger partial charge in [0.05, 0.1) is 5.56 Å². The van der Waals surface area contributed by atoms with Gasteiger partial charge in [0.1, 0.15) is 0 Å². The summed E-state index contributed by atoms with van der Waals surface area (Å²) in [5, 5.41) is 3.02. The Morgan fingerprint density at radius 3 is 2.53 bits per heavy atom. The van der Waals surface area contributed by atoms with E-state index >= 15 is 0 Å². The van der Waals surface area contributed by atoms with Gasteiger partial charge in [-0.2, -0.15) is 13.2 Å². The van der Waals surface area contributed by atoms with Crippen LogP contribution in [0.5, 0.6) is 0 Å². The molecule has 0 spiro atoms. The summed E-state index contributed by atoms with van der Waals surface area (Å²) in [5.41, 5.74) is -0.870. The first-order chi connectivity index (χ1) is 7.86. The van der Waals surface area contributed by atoms with Gasteiger partial charge in [0.2, 0.25) is 0 Å². The molecular formula is C10H8Br2F3NO. The molecule has 0 radical (unpaired) electrons. The highest BCUT2D eigenvalue weighted by Gasteiger charge is 2.33. The fourth-order valence-corrected chi connectivity index (χ4v) is 1.82.